The largest absolute Gasteiger partial charge is 0.341 e. The van der Waals surface area contributed by atoms with Crippen molar-refractivity contribution in [3.8, 4) is 0 Å². The summed E-state index contributed by atoms with van der Waals surface area (Å²) in [5.41, 5.74) is 1.32. The van der Waals surface area contributed by atoms with Crippen molar-refractivity contribution in [3.63, 3.8) is 0 Å². The number of amides is 1. The van der Waals surface area contributed by atoms with Crippen molar-refractivity contribution in [2.75, 3.05) is 32.7 Å². The van der Waals surface area contributed by atoms with Gasteiger partial charge in [-0.3, -0.25) is 14.8 Å². The van der Waals surface area contributed by atoms with Gasteiger partial charge in [0.25, 0.3) is 0 Å². The SMILES string of the molecule is O=C(CN1CCC(c2cn[nH]c2)CC1)N1CCC2CCCCC2C1. The molecule has 0 radical (unpaired) electrons. The van der Waals surface area contributed by atoms with Crippen LogP contribution in [0.25, 0.3) is 0 Å². The van der Waals surface area contributed by atoms with Crippen molar-refractivity contribution in [2.45, 2.75) is 50.9 Å². The maximum absolute atomic E-state index is 12.7. The smallest absolute Gasteiger partial charge is 0.236 e. The van der Waals surface area contributed by atoms with Crippen molar-refractivity contribution >= 4 is 5.91 Å². The third-order valence-electron chi connectivity index (χ3n) is 6.58. The molecule has 1 aromatic rings. The summed E-state index contributed by atoms with van der Waals surface area (Å²) in [5, 5.41) is 6.97. The fourth-order valence-corrected chi connectivity index (χ4v) is 5.03. The summed E-state index contributed by atoms with van der Waals surface area (Å²) in [6.07, 6.45) is 13.0. The Balaban J connectivity index is 1.25. The van der Waals surface area contributed by atoms with Gasteiger partial charge in [-0.05, 0) is 62.1 Å². The van der Waals surface area contributed by atoms with Gasteiger partial charge in [0.05, 0.1) is 12.7 Å². The van der Waals surface area contributed by atoms with Gasteiger partial charge >= 0.3 is 0 Å². The van der Waals surface area contributed by atoms with Crippen molar-refractivity contribution < 1.29 is 4.79 Å². The Kier molecular flexibility index (Phi) is 4.88. The monoisotopic (exact) mass is 330 g/mol. The molecular weight excluding hydrogens is 300 g/mol. The van der Waals surface area contributed by atoms with Gasteiger partial charge in [-0.2, -0.15) is 5.10 Å². The molecule has 3 aliphatic rings. The lowest BCUT2D eigenvalue weighted by molar-refractivity contribution is -0.135. The van der Waals surface area contributed by atoms with E-state index in [4.69, 9.17) is 0 Å². The predicted octanol–water partition coefficient (Wildman–Crippen LogP) is 2.63. The van der Waals surface area contributed by atoms with E-state index in [1.807, 2.05) is 12.4 Å². The zero-order valence-electron chi connectivity index (χ0n) is 14.6. The standard InChI is InChI=1S/C19H30N4O/c24-19(23-10-7-15-3-1-2-4-17(15)13-23)14-22-8-5-16(6-9-22)18-11-20-21-12-18/h11-12,15-17H,1-10,13-14H2,(H,20,21). The first kappa shape index (κ1) is 16.1. The van der Waals surface area contributed by atoms with Gasteiger partial charge in [-0.1, -0.05) is 19.3 Å². The van der Waals surface area contributed by atoms with E-state index in [-0.39, 0.29) is 0 Å². The molecule has 1 N–H and O–H groups in total. The number of nitrogens with one attached hydrogen (secondary N) is 1. The minimum atomic E-state index is 0.362. The lowest BCUT2D eigenvalue weighted by Crippen LogP contribution is -2.49. The number of hydrogen-bond donors (Lipinski definition) is 1. The Morgan fingerprint density at radius 3 is 2.62 bits per heavy atom. The van der Waals surface area contributed by atoms with Crippen molar-refractivity contribution in [2.24, 2.45) is 11.8 Å². The van der Waals surface area contributed by atoms with Crippen LogP contribution < -0.4 is 0 Å². The van der Waals surface area contributed by atoms with E-state index in [0.29, 0.717) is 18.4 Å². The van der Waals surface area contributed by atoms with Gasteiger partial charge in [0.15, 0.2) is 0 Å². The summed E-state index contributed by atoms with van der Waals surface area (Å²) in [4.78, 5) is 17.2. The molecule has 24 heavy (non-hydrogen) atoms. The minimum absolute atomic E-state index is 0.362. The van der Waals surface area contributed by atoms with Gasteiger partial charge in [0, 0.05) is 19.3 Å². The molecule has 2 aliphatic heterocycles. The number of rotatable bonds is 3. The summed E-state index contributed by atoms with van der Waals surface area (Å²) in [7, 11) is 0. The molecule has 132 valence electrons. The molecule has 1 aliphatic carbocycles. The molecule has 1 amide bonds. The number of hydrogen-bond acceptors (Lipinski definition) is 3. The van der Waals surface area contributed by atoms with Crippen LogP contribution in [-0.4, -0.2) is 58.6 Å². The highest BCUT2D eigenvalue weighted by Gasteiger charge is 2.33. The van der Waals surface area contributed by atoms with Crippen molar-refractivity contribution in [1.29, 1.82) is 0 Å². The van der Waals surface area contributed by atoms with Crippen LogP contribution >= 0.6 is 0 Å². The van der Waals surface area contributed by atoms with E-state index in [0.717, 1.165) is 50.9 Å². The zero-order chi connectivity index (χ0) is 16.4. The lowest BCUT2D eigenvalue weighted by atomic mass is 9.75. The zero-order valence-corrected chi connectivity index (χ0v) is 14.6. The molecule has 2 unspecified atom stereocenters. The molecule has 5 nitrogen and oxygen atoms in total. The number of H-pyrrole nitrogens is 1. The average molecular weight is 330 g/mol. The second-order valence-corrected chi connectivity index (χ2v) is 8.02. The molecule has 4 rings (SSSR count). The molecule has 2 atom stereocenters. The van der Waals surface area contributed by atoms with E-state index >= 15 is 0 Å². The lowest BCUT2D eigenvalue weighted by Gasteiger charge is -2.42. The van der Waals surface area contributed by atoms with E-state index < -0.39 is 0 Å². The van der Waals surface area contributed by atoms with Crippen LogP contribution in [0.2, 0.25) is 0 Å². The van der Waals surface area contributed by atoms with Crippen molar-refractivity contribution in [3.05, 3.63) is 18.0 Å². The fraction of sp³-hybridized carbons (Fsp3) is 0.789. The normalized spacial score (nSPS) is 29.4. The highest BCUT2D eigenvalue weighted by atomic mass is 16.2. The number of aromatic nitrogens is 2. The second kappa shape index (κ2) is 7.26. The number of piperidine rings is 2. The number of fused-ring (bicyclic) bond motifs is 1. The van der Waals surface area contributed by atoms with Gasteiger partial charge in [-0.15, -0.1) is 0 Å². The Bertz CT molecular complexity index is 536. The van der Waals surface area contributed by atoms with Gasteiger partial charge in [0.2, 0.25) is 5.91 Å². The van der Waals surface area contributed by atoms with E-state index in [1.165, 1.54) is 37.7 Å². The highest BCUT2D eigenvalue weighted by molar-refractivity contribution is 5.78. The van der Waals surface area contributed by atoms with Crippen LogP contribution in [0, 0.1) is 11.8 Å². The Hall–Kier alpha value is -1.36. The molecular formula is C19H30N4O. The Morgan fingerprint density at radius 1 is 1.08 bits per heavy atom. The Labute approximate surface area is 144 Å². The summed E-state index contributed by atoms with van der Waals surface area (Å²) < 4.78 is 0. The quantitative estimate of drug-likeness (QED) is 0.927. The third kappa shape index (κ3) is 3.51. The first-order chi connectivity index (χ1) is 11.8. The average Bonchev–Trinajstić information content (AvgIpc) is 3.16. The van der Waals surface area contributed by atoms with Crippen LogP contribution in [0.3, 0.4) is 0 Å². The fourth-order valence-electron chi connectivity index (χ4n) is 5.03. The number of carbonyl (C=O) groups excluding carboxylic acids is 1. The maximum atomic E-state index is 12.7. The number of nitrogens with zero attached hydrogens (tertiary/aromatic N) is 3. The molecule has 1 aromatic heterocycles. The molecule has 0 bridgehead atoms. The van der Waals surface area contributed by atoms with Crippen LogP contribution in [-0.2, 0) is 4.79 Å². The topological polar surface area (TPSA) is 52.2 Å². The molecule has 3 heterocycles. The molecule has 5 heteroatoms. The van der Waals surface area contributed by atoms with Crippen LogP contribution in [0.4, 0.5) is 0 Å². The van der Waals surface area contributed by atoms with Crippen LogP contribution in [0.5, 0.6) is 0 Å². The van der Waals surface area contributed by atoms with E-state index in [1.54, 1.807) is 0 Å². The summed E-state index contributed by atoms with van der Waals surface area (Å²) in [6.45, 7) is 4.69. The summed E-state index contributed by atoms with van der Waals surface area (Å²) in [5.74, 6) is 2.64. The van der Waals surface area contributed by atoms with Crippen molar-refractivity contribution in [1.82, 2.24) is 20.0 Å². The van der Waals surface area contributed by atoms with Gasteiger partial charge in [0.1, 0.15) is 0 Å². The summed E-state index contributed by atoms with van der Waals surface area (Å²) >= 11 is 0. The van der Waals surface area contributed by atoms with Gasteiger partial charge in [-0.25, -0.2) is 0 Å². The van der Waals surface area contributed by atoms with Crippen LogP contribution in [0.15, 0.2) is 12.4 Å². The minimum Gasteiger partial charge on any atom is -0.341 e. The van der Waals surface area contributed by atoms with Gasteiger partial charge < -0.3 is 4.90 Å². The number of carbonyl (C=O) groups is 1. The number of aromatic amines is 1. The molecule has 0 spiro atoms. The predicted molar refractivity (Wildman–Crippen MR) is 93.6 cm³/mol. The first-order valence-electron chi connectivity index (χ1n) is 9.78. The first-order valence-corrected chi connectivity index (χ1v) is 9.78. The summed E-state index contributed by atoms with van der Waals surface area (Å²) in [6, 6.07) is 0. The Morgan fingerprint density at radius 2 is 1.88 bits per heavy atom. The van der Waals surface area contributed by atoms with E-state index in [2.05, 4.69) is 20.0 Å². The molecule has 0 aromatic carbocycles. The van der Waals surface area contributed by atoms with E-state index in [9.17, 15) is 4.79 Å². The third-order valence-corrected chi connectivity index (χ3v) is 6.58. The maximum Gasteiger partial charge on any atom is 0.236 e. The number of likely N-dealkylation sites (tertiary alicyclic amines) is 2. The highest BCUT2D eigenvalue weighted by Crippen LogP contribution is 2.36. The molecule has 1 saturated carbocycles. The molecule has 2 saturated heterocycles. The van der Waals surface area contributed by atoms with Crippen LogP contribution in [0.1, 0.15) is 56.4 Å². The molecule has 3 fully saturated rings. The second-order valence-electron chi connectivity index (χ2n) is 8.02.